The van der Waals surface area contributed by atoms with E-state index in [1.807, 2.05) is 0 Å². The lowest BCUT2D eigenvalue weighted by atomic mass is 9.94. The maximum Gasteiger partial charge on any atom is 0.331 e. The Morgan fingerprint density at radius 1 is 1.38 bits per heavy atom. The zero-order valence-electron chi connectivity index (χ0n) is 11.3. The lowest BCUT2D eigenvalue weighted by Crippen LogP contribution is -2.59. The van der Waals surface area contributed by atoms with Crippen LogP contribution in [0.2, 0.25) is 5.02 Å². The third-order valence-electron chi connectivity index (χ3n) is 3.27. The Bertz CT molecular complexity index is 651. The molecule has 4 amide bonds. The number of hydrogen-bond acceptors (Lipinski definition) is 3. The summed E-state index contributed by atoms with van der Waals surface area (Å²) in [6.07, 6.45) is 5.43. The Labute approximate surface area is 127 Å². The molecule has 0 spiro atoms. The van der Waals surface area contributed by atoms with Gasteiger partial charge < -0.3 is 0 Å². The second kappa shape index (κ2) is 5.98. The Morgan fingerprint density at radius 3 is 2.67 bits per heavy atom. The molecule has 0 aromatic heterocycles. The van der Waals surface area contributed by atoms with Crippen LogP contribution in [0.3, 0.4) is 0 Å². The van der Waals surface area contributed by atoms with E-state index in [4.69, 9.17) is 18.0 Å². The zero-order chi connectivity index (χ0) is 15.6. The van der Waals surface area contributed by atoms with Crippen LogP contribution in [-0.2, 0) is 9.59 Å². The number of benzene rings is 1. The number of nitrogens with one attached hydrogen (secondary N) is 1. The minimum absolute atomic E-state index is 0.211. The van der Waals surface area contributed by atoms with E-state index >= 15 is 0 Å². The molecule has 6 heteroatoms. The van der Waals surface area contributed by atoms with Crippen LogP contribution in [-0.4, -0.2) is 28.8 Å². The summed E-state index contributed by atoms with van der Waals surface area (Å²) in [5.41, 5.74) is 0.368. The molecule has 1 aliphatic heterocycles. The van der Waals surface area contributed by atoms with Crippen molar-refractivity contribution >= 4 is 29.4 Å². The topological polar surface area (TPSA) is 66.5 Å². The van der Waals surface area contributed by atoms with Crippen LogP contribution in [0.5, 0.6) is 0 Å². The summed E-state index contributed by atoms with van der Waals surface area (Å²) >= 11 is 6.05. The van der Waals surface area contributed by atoms with Gasteiger partial charge in [0.05, 0.1) is 0 Å². The van der Waals surface area contributed by atoms with E-state index in [1.165, 1.54) is 0 Å². The third-order valence-corrected chi connectivity index (χ3v) is 3.61. The first-order valence-corrected chi connectivity index (χ1v) is 6.71. The maximum absolute atomic E-state index is 12.5. The SMILES string of the molecule is C#CCC(C)N1C(=O)NC(=O)C(c2ccccc2Cl)C1=O. The molecule has 0 bridgehead atoms. The van der Waals surface area contributed by atoms with Gasteiger partial charge in [0.25, 0.3) is 0 Å². The van der Waals surface area contributed by atoms with Gasteiger partial charge >= 0.3 is 6.03 Å². The molecule has 1 aromatic carbocycles. The standard InChI is InChI=1S/C15H13ClN2O3/c1-3-6-9(2)18-14(20)12(13(19)17-15(18)21)10-7-4-5-8-11(10)16/h1,4-5,7-9,12H,6H2,2H3,(H,17,19,21). The summed E-state index contributed by atoms with van der Waals surface area (Å²) in [6.45, 7) is 1.65. The highest BCUT2D eigenvalue weighted by atomic mass is 35.5. The number of imide groups is 2. The smallest absolute Gasteiger partial charge is 0.277 e. The van der Waals surface area contributed by atoms with Gasteiger partial charge in [0.2, 0.25) is 11.8 Å². The second-order valence-electron chi connectivity index (χ2n) is 4.71. The zero-order valence-corrected chi connectivity index (χ0v) is 12.1. The van der Waals surface area contributed by atoms with Crippen molar-refractivity contribution in [2.45, 2.75) is 25.3 Å². The molecular formula is C15H13ClN2O3. The average Bonchev–Trinajstić information content (AvgIpc) is 2.40. The lowest BCUT2D eigenvalue weighted by molar-refractivity contribution is -0.139. The number of nitrogens with zero attached hydrogens (tertiary/aromatic N) is 1. The van der Waals surface area contributed by atoms with Gasteiger partial charge in [-0.25, -0.2) is 4.79 Å². The molecule has 21 heavy (non-hydrogen) atoms. The molecule has 2 atom stereocenters. The van der Waals surface area contributed by atoms with Gasteiger partial charge in [0, 0.05) is 17.5 Å². The van der Waals surface area contributed by atoms with Crippen LogP contribution in [0.15, 0.2) is 24.3 Å². The minimum Gasteiger partial charge on any atom is -0.277 e. The molecule has 2 unspecified atom stereocenters. The number of carbonyl (C=O) groups is 3. The predicted octanol–water partition coefficient (Wildman–Crippen LogP) is 1.91. The molecule has 1 aliphatic rings. The van der Waals surface area contributed by atoms with Gasteiger partial charge in [-0.15, -0.1) is 12.3 Å². The van der Waals surface area contributed by atoms with Gasteiger partial charge in [-0.1, -0.05) is 29.8 Å². The number of amides is 4. The van der Waals surface area contributed by atoms with Gasteiger partial charge in [-0.3, -0.25) is 19.8 Å². The molecule has 0 radical (unpaired) electrons. The number of urea groups is 1. The normalized spacial score (nSPS) is 20.0. The fourth-order valence-corrected chi connectivity index (χ4v) is 2.50. The summed E-state index contributed by atoms with van der Waals surface area (Å²) in [7, 11) is 0. The van der Waals surface area contributed by atoms with Crippen molar-refractivity contribution in [3.8, 4) is 12.3 Å². The maximum atomic E-state index is 12.5. The van der Waals surface area contributed by atoms with Gasteiger partial charge in [0.15, 0.2) is 0 Å². The highest BCUT2D eigenvalue weighted by Crippen LogP contribution is 2.29. The highest BCUT2D eigenvalue weighted by Gasteiger charge is 2.43. The molecule has 2 rings (SSSR count). The Kier molecular flexibility index (Phi) is 4.29. The monoisotopic (exact) mass is 304 g/mol. The van der Waals surface area contributed by atoms with Gasteiger partial charge in [-0.2, -0.15) is 0 Å². The quantitative estimate of drug-likeness (QED) is 0.685. The van der Waals surface area contributed by atoms with Crippen molar-refractivity contribution < 1.29 is 14.4 Å². The van der Waals surface area contributed by atoms with Gasteiger partial charge in [0.1, 0.15) is 5.92 Å². The van der Waals surface area contributed by atoms with Crippen LogP contribution < -0.4 is 5.32 Å². The van der Waals surface area contributed by atoms with E-state index in [1.54, 1.807) is 31.2 Å². The highest BCUT2D eigenvalue weighted by molar-refractivity contribution is 6.32. The summed E-state index contributed by atoms with van der Waals surface area (Å²) in [4.78, 5) is 37.4. The fourth-order valence-electron chi connectivity index (χ4n) is 2.25. The van der Waals surface area contributed by atoms with Crippen LogP contribution >= 0.6 is 11.6 Å². The minimum atomic E-state index is -1.14. The number of hydrogen-bond donors (Lipinski definition) is 1. The second-order valence-corrected chi connectivity index (χ2v) is 5.12. The molecule has 1 aromatic rings. The Balaban J connectivity index is 2.41. The van der Waals surface area contributed by atoms with Crippen molar-refractivity contribution in [2.75, 3.05) is 0 Å². The van der Waals surface area contributed by atoms with Crippen molar-refractivity contribution in [3.05, 3.63) is 34.9 Å². The van der Waals surface area contributed by atoms with E-state index in [9.17, 15) is 14.4 Å². The first-order chi connectivity index (χ1) is 9.97. The first-order valence-electron chi connectivity index (χ1n) is 6.33. The van der Waals surface area contributed by atoms with Crippen LogP contribution in [0, 0.1) is 12.3 Å². The molecular weight excluding hydrogens is 292 g/mol. The number of carbonyl (C=O) groups excluding carboxylic acids is 3. The van der Waals surface area contributed by atoms with Crippen molar-refractivity contribution in [3.63, 3.8) is 0 Å². The van der Waals surface area contributed by atoms with Crippen molar-refractivity contribution in [1.29, 1.82) is 0 Å². The predicted molar refractivity (Wildman–Crippen MR) is 77.5 cm³/mol. The summed E-state index contributed by atoms with van der Waals surface area (Å²) < 4.78 is 0. The number of halogens is 1. The van der Waals surface area contributed by atoms with Crippen molar-refractivity contribution in [2.24, 2.45) is 0 Å². The molecule has 5 nitrogen and oxygen atoms in total. The summed E-state index contributed by atoms with van der Waals surface area (Å²) in [6, 6.07) is 5.29. The largest absolute Gasteiger partial charge is 0.331 e. The molecule has 1 N–H and O–H groups in total. The molecule has 1 heterocycles. The summed E-state index contributed by atoms with van der Waals surface area (Å²) in [5.74, 6) is -0.0338. The Morgan fingerprint density at radius 2 is 2.05 bits per heavy atom. The Hall–Kier alpha value is -2.32. The van der Waals surface area contributed by atoms with E-state index in [0.717, 1.165) is 4.90 Å². The summed E-state index contributed by atoms with van der Waals surface area (Å²) in [5, 5.41) is 2.47. The number of terminal acetylenes is 1. The van der Waals surface area contributed by atoms with E-state index in [2.05, 4.69) is 11.2 Å². The molecule has 108 valence electrons. The molecule has 0 aliphatic carbocycles. The molecule has 0 saturated carbocycles. The number of rotatable bonds is 3. The van der Waals surface area contributed by atoms with E-state index < -0.39 is 29.8 Å². The van der Waals surface area contributed by atoms with Crippen molar-refractivity contribution in [1.82, 2.24) is 10.2 Å². The van der Waals surface area contributed by atoms with E-state index in [0.29, 0.717) is 10.6 Å². The first kappa shape index (κ1) is 15.1. The van der Waals surface area contributed by atoms with E-state index in [-0.39, 0.29) is 6.42 Å². The molecule has 1 fully saturated rings. The number of barbiturate groups is 1. The van der Waals surface area contributed by atoms with Crippen LogP contribution in [0.25, 0.3) is 0 Å². The third kappa shape index (κ3) is 2.76. The fraction of sp³-hybridized carbons (Fsp3) is 0.267. The van der Waals surface area contributed by atoms with Gasteiger partial charge in [-0.05, 0) is 18.6 Å². The lowest BCUT2D eigenvalue weighted by Gasteiger charge is -2.33. The average molecular weight is 305 g/mol. The molecule has 1 saturated heterocycles. The van der Waals surface area contributed by atoms with Crippen LogP contribution in [0.4, 0.5) is 4.79 Å². The van der Waals surface area contributed by atoms with Crippen LogP contribution in [0.1, 0.15) is 24.8 Å².